The number of aromatic nitrogens is 1. The minimum Gasteiger partial charge on any atom is -0.496 e. The second-order valence-electron chi connectivity index (χ2n) is 4.26. The Hall–Kier alpha value is -1.25. The predicted octanol–water partition coefficient (Wildman–Crippen LogP) is 2.28. The highest BCUT2D eigenvalue weighted by molar-refractivity contribution is 5.32. The van der Waals surface area contributed by atoms with Gasteiger partial charge in [-0.3, -0.25) is 4.79 Å². The Kier molecular flexibility index (Phi) is 3.95. The molecule has 1 aromatic heterocycles. The van der Waals surface area contributed by atoms with Crippen molar-refractivity contribution in [3.8, 4) is 5.75 Å². The number of hydrogen-bond acceptors (Lipinski definition) is 2. The summed E-state index contributed by atoms with van der Waals surface area (Å²) in [5, 5.41) is 0. The van der Waals surface area contributed by atoms with Crippen molar-refractivity contribution in [2.75, 3.05) is 7.11 Å². The molecular weight excluding hydrogens is 190 g/mol. The molecule has 0 saturated carbocycles. The van der Waals surface area contributed by atoms with Crippen LogP contribution in [-0.2, 0) is 6.42 Å². The number of ether oxygens (including phenoxy) is 1. The molecule has 0 unspecified atom stereocenters. The molecular formula is C12H19NO2. The first-order valence-corrected chi connectivity index (χ1v) is 5.31. The van der Waals surface area contributed by atoms with Gasteiger partial charge in [0.05, 0.1) is 12.7 Å². The van der Waals surface area contributed by atoms with Gasteiger partial charge in [-0.05, 0) is 31.7 Å². The fraction of sp³-hybridized carbons (Fsp3) is 0.583. The molecule has 0 aromatic carbocycles. The van der Waals surface area contributed by atoms with E-state index in [2.05, 4.69) is 18.8 Å². The first-order valence-electron chi connectivity index (χ1n) is 5.31. The van der Waals surface area contributed by atoms with Crippen LogP contribution in [0.2, 0.25) is 0 Å². The van der Waals surface area contributed by atoms with E-state index in [0.717, 1.165) is 24.1 Å². The lowest BCUT2D eigenvalue weighted by molar-refractivity contribution is 0.405. The van der Waals surface area contributed by atoms with Gasteiger partial charge in [-0.2, -0.15) is 0 Å². The van der Waals surface area contributed by atoms with Gasteiger partial charge in [-0.15, -0.1) is 0 Å². The van der Waals surface area contributed by atoms with Crippen molar-refractivity contribution in [3.63, 3.8) is 0 Å². The number of pyridine rings is 1. The van der Waals surface area contributed by atoms with Gasteiger partial charge < -0.3 is 9.72 Å². The van der Waals surface area contributed by atoms with Gasteiger partial charge in [-0.25, -0.2) is 0 Å². The standard InChI is InChI=1S/C12H19NO2/c1-8(2)5-6-10-11(15-4)7-9(3)13-12(10)14/h7-8H,5-6H2,1-4H3,(H,13,14). The van der Waals surface area contributed by atoms with Gasteiger partial charge in [0.15, 0.2) is 0 Å². The summed E-state index contributed by atoms with van der Waals surface area (Å²) in [6.45, 7) is 6.15. The highest BCUT2D eigenvalue weighted by atomic mass is 16.5. The lowest BCUT2D eigenvalue weighted by Gasteiger charge is -2.09. The lowest BCUT2D eigenvalue weighted by Crippen LogP contribution is -2.15. The zero-order valence-electron chi connectivity index (χ0n) is 9.89. The van der Waals surface area contributed by atoms with Crippen molar-refractivity contribution in [3.05, 3.63) is 27.7 Å². The number of nitrogens with one attached hydrogen (secondary N) is 1. The second kappa shape index (κ2) is 5.01. The molecule has 0 bridgehead atoms. The minimum absolute atomic E-state index is 0.0208. The predicted molar refractivity (Wildman–Crippen MR) is 61.5 cm³/mol. The quantitative estimate of drug-likeness (QED) is 0.826. The normalized spacial score (nSPS) is 10.7. The summed E-state index contributed by atoms with van der Waals surface area (Å²) in [5.41, 5.74) is 1.58. The molecule has 0 spiro atoms. The number of methoxy groups -OCH3 is 1. The maximum Gasteiger partial charge on any atom is 0.255 e. The van der Waals surface area contributed by atoms with E-state index in [-0.39, 0.29) is 5.56 Å². The Labute approximate surface area is 90.5 Å². The molecule has 84 valence electrons. The number of hydrogen-bond donors (Lipinski definition) is 1. The molecule has 1 rings (SSSR count). The van der Waals surface area contributed by atoms with Gasteiger partial charge in [-0.1, -0.05) is 13.8 Å². The van der Waals surface area contributed by atoms with Crippen LogP contribution in [0.5, 0.6) is 5.75 Å². The third kappa shape index (κ3) is 3.11. The molecule has 1 heterocycles. The molecule has 0 saturated heterocycles. The van der Waals surface area contributed by atoms with E-state index in [1.54, 1.807) is 7.11 Å². The van der Waals surface area contributed by atoms with E-state index in [9.17, 15) is 4.79 Å². The van der Waals surface area contributed by atoms with E-state index < -0.39 is 0 Å². The third-order valence-electron chi connectivity index (χ3n) is 2.42. The van der Waals surface area contributed by atoms with Crippen molar-refractivity contribution in [1.82, 2.24) is 4.98 Å². The maximum absolute atomic E-state index is 11.7. The summed E-state index contributed by atoms with van der Waals surface area (Å²) in [7, 11) is 1.60. The van der Waals surface area contributed by atoms with Crippen molar-refractivity contribution >= 4 is 0 Å². The summed E-state index contributed by atoms with van der Waals surface area (Å²) in [5.74, 6) is 1.30. The van der Waals surface area contributed by atoms with Crippen molar-refractivity contribution in [1.29, 1.82) is 0 Å². The highest BCUT2D eigenvalue weighted by Crippen LogP contribution is 2.17. The van der Waals surface area contributed by atoms with Crippen molar-refractivity contribution < 1.29 is 4.74 Å². The van der Waals surface area contributed by atoms with Crippen LogP contribution in [0.4, 0.5) is 0 Å². The molecule has 0 fully saturated rings. The Bertz CT molecular complexity index is 380. The molecule has 0 amide bonds. The molecule has 0 radical (unpaired) electrons. The third-order valence-corrected chi connectivity index (χ3v) is 2.42. The fourth-order valence-electron chi connectivity index (χ4n) is 1.54. The fourth-order valence-corrected chi connectivity index (χ4v) is 1.54. The van der Waals surface area contributed by atoms with Gasteiger partial charge in [0.25, 0.3) is 5.56 Å². The summed E-state index contributed by atoms with van der Waals surface area (Å²) >= 11 is 0. The molecule has 3 nitrogen and oxygen atoms in total. The summed E-state index contributed by atoms with van der Waals surface area (Å²) in [6, 6.07) is 1.87. The maximum atomic E-state index is 11.7. The molecule has 3 heteroatoms. The van der Waals surface area contributed by atoms with Gasteiger partial charge in [0.2, 0.25) is 0 Å². The average molecular weight is 209 g/mol. The SMILES string of the molecule is COc1cc(C)[nH]c(=O)c1CCC(C)C. The number of aryl methyl sites for hydroxylation is 1. The van der Waals surface area contributed by atoms with E-state index in [4.69, 9.17) is 4.74 Å². The largest absolute Gasteiger partial charge is 0.496 e. The Morgan fingerprint density at radius 3 is 2.67 bits per heavy atom. The Morgan fingerprint density at radius 1 is 1.47 bits per heavy atom. The Morgan fingerprint density at radius 2 is 2.13 bits per heavy atom. The summed E-state index contributed by atoms with van der Waals surface area (Å²) < 4.78 is 5.22. The summed E-state index contributed by atoms with van der Waals surface area (Å²) in [4.78, 5) is 14.5. The highest BCUT2D eigenvalue weighted by Gasteiger charge is 2.09. The first-order chi connectivity index (χ1) is 7.04. The second-order valence-corrected chi connectivity index (χ2v) is 4.26. The average Bonchev–Trinajstić information content (AvgIpc) is 2.14. The number of rotatable bonds is 4. The Balaban J connectivity index is 2.99. The lowest BCUT2D eigenvalue weighted by atomic mass is 10.0. The zero-order valence-corrected chi connectivity index (χ0v) is 9.89. The van der Waals surface area contributed by atoms with E-state index in [1.807, 2.05) is 13.0 Å². The monoisotopic (exact) mass is 209 g/mol. The minimum atomic E-state index is -0.0208. The number of aromatic amines is 1. The van der Waals surface area contributed by atoms with Gasteiger partial charge in [0, 0.05) is 5.69 Å². The van der Waals surface area contributed by atoms with Crippen LogP contribution in [0.15, 0.2) is 10.9 Å². The van der Waals surface area contributed by atoms with Crippen LogP contribution >= 0.6 is 0 Å². The van der Waals surface area contributed by atoms with Gasteiger partial charge >= 0.3 is 0 Å². The topological polar surface area (TPSA) is 42.1 Å². The zero-order chi connectivity index (χ0) is 11.4. The van der Waals surface area contributed by atoms with Crippen LogP contribution in [0.25, 0.3) is 0 Å². The summed E-state index contributed by atoms with van der Waals surface area (Å²) in [6.07, 6.45) is 1.78. The molecule has 0 atom stereocenters. The van der Waals surface area contributed by atoms with Crippen LogP contribution in [0.1, 0.15) is 31.5 Å². The molecule has 0 aliphatic heterocycles. The van der Waals surface area contributed by atoms with E-state index >= 15 is 0 Å². The van der Waals surface area contributed by atoms with Crippen LogP contribution in [-0.4, -0.2) is 12.1 Å². The van der Waals surface area contributed by atoms with E-state index in [1.165, 1.54) is 0 Å². The van der Waals surface area contributed by atoms with Crippen molar-refractivity contribution in [2.24, 2.45) is 5.92 Å². The first kappa shape index (κ1) is 11.8. The molecule has 1 aromatic rings. The van der Waals surface area contributed by atoms with Gasteiger partial charge in [0.1, 0.15) is 5.75 Å². The van der Waals surface area contributed by atoms with Crippen LogP contribution in [0, 0.1) is 12.8 Å². The van der Waals surface area contributed by atoms with E-state index in [0.29, 0.717) is 11.7 Å². The molecule has 1 N–H and O–H groups in total. The number of H-pyrrole nitrogens is 1. The smallest absolute Gasteiger partial charge is 0.255 e. The van der Waals surface area contributed by atoms with Crippen molar-refractivity contribution in [2.45, 2.75) is 33.6 Å². The van der Waals surface area contributed by atoms with Crippen LogP contribution in [0.3, 0.4) is 0 Å². The molecule has 0 aliphatic carbocycles. The molecule has 0 aliphatic rings. The van der Waals surface area contributed by atoms with Crippen LogP contribution < -0.4 is 10.3 Å². The molecule has 15 heavy (non-hydrogen) atoms.